The smallest absolute Gasteiger partial charge is 0.387 e. The number of aliphatic hydroxyl groups is 1. The molecule has 1 aromatic carbocycles. The van der Waals surface area contributed by atoms with Crippen molar-refractivity contribution in [3.05, 3.63) is 51.5 Å². The SMILES string of the molecule is CCC(NCc1nc(C)cs1)C(O)c1ccc(C(F)(F)F)cc1. The number of hydrogen-bond acceptors (Lipinski definition) is 4. The molecule has 2 N–H and O–H groups in total. The van der Waals surface area contributed by atoms with Crippen molar-refractivity contribution in [3.63, 3.8) is 0 Å². The number of aromatic nitrogens is 1. The molecule has 126 valence electrons. The molecule has 2 unspecified atom stereocenters. The van der Waals surface area contributed by atoms with Gasteiger partial charge in [-0.15, -0.1) is 11.3 Å². The number of hydrogen-bond donors (Lipinski definition) is 2. The number of nitrogens with one attached hydrogen (secondary N) is 1. The molecule has 0 aliphatic heterocycles. The van der Waals surface area contributed by atoms with Crippen molar-refractivity contribution in [2.75, 3.05) is 0 Å². The Labute approximate surface area is 137 Å². The molecule has 0 saturated heterocycles. The number of alkyl halides is 3. The number of thiazole rings is 1. The molecule has 0 spiro atoms. The zero-order valence-electron chi connectivity index (χ0n) is 12.9. The molecule has 0 bridgehead atoms. The molecule has 23 heavy (non-hydrogen) atoms. The summed E-state index contributed by atoms with van der Waals surface area (Å²) in [5.41, 5.74) is 0.698. The van der Waals surface area contributed by atoms with Crippen LogP contribution in [0.5, 0.6) is 0 Å². The van der Waals surface area contributed by atoms with Crippen LogP contribution in [0.2, 0.25) is 0 Å². The van der Waals surface area contributed by atoms with E-state index in [-0.39, 0.29) is 6.04 Å². The molecule has 0 saturated carbocycles. The number of aryl methyl sites for hydroxylation is 1. The van der Waals surface area contributed by atoms with Gasteiger partial charge < -0.3 is 10.4 Å². The lowest BCUT2D eigenvalue weighted by atomic mass is 9.99. The van der Waals surface area contributed by atoms with E-state index in [0.29, 0.717) is 18.5 Å². The van der Waals surface area contributed by atoms with E-state index in [4.69, 9.17) is 0 Å². The first-order valence-electron chi connectivity index (χ1n) is 7.31. The summed E-state index contributed by atoms with van der Waals surface area (Å²) in [5, 5.41) is 16.5. The Morgan fingerprint density at radius 3 is 2.39 bits per heavy atom. The molecule has 7 heteroatoms. The zero-order chi connectivity index (χ0) is 17.0. The highest BCUT2D eigenvalue weighted by Crippen LogP contribution is 2.30. The number of nitrogens with zero attached hydrogens (tertiary/aromatic N) is 1. The third-order valence-electron chi connectivity index (χ3n) is 3.58. The average Bonchev–Trinajstić information content (AvgIpc) is 2.92. The van der Waals surface area contributed by atoms with Gasteiger partial charge in [0.05, 0.1) is 11.7 Å². The molecule has 2 atom stereocenters. The highest BCUT2D eigenvalue weighted by molar-refractivity contribution is 7.09. The lowest BCUT2D eigenvalue weighted by molar-refractivity contribution is -0.137. The predicted molar refractivity (Wildman–Crippen MR) is 84.2 cm³/mol. The largest absolute Gasteiger partial charge is 0.416 e. The fourth-order valence-electron chi connectivity index (χ4n) is 2.28. The van der Waals surface area contributed by atoms with Crippen molar-refractivity contribution in [1.82, 2.24) is 10.3 Å². The minimum absolute atomic E-state index is 0.254. The van der Waals surface area contributed by atoms with Crippen LogP contribution in [0.15, 0.2) is 29.6 Å². The second-order valence-electron chi connectivity index (χ2n) is 5.34. The lowest BCUT2D eigenvalue weighted by Gasteiger charge is -2.23. The van der Waals surface area contributed by atoms with Gasteiger partial charge in [-0.3, -0.25) is 0 Å². The molecule has 3 nitrogen and oxygen atoms in total. The maximum absolute atomic E-state index is 12.6. The molecular formula is C16H19F3N2OS. The lowest BCUT2D eigenvalue weighted by Crippen LogP contribution is -2.34. The highest BCUT2D eigenvalue weighted by Gasteiger charge is 2.30. The predicted octanol–water partition coefficient (Wildman–Crippen LogP) is 4.07. The molecule has 0 radical (unpaired) electrons. The Kier molecular flexibility index (Phi) is 5.78. The molecular weight excluding hydrogens is 325 g/mol. The Morgan fingerprint density at radius 2 is 1.91 bits per heavy atom. The summed E-state index contributed by atoms with van der Waals surface area (Å²) in [4.78, 5) is 4.34. The van der Waals surface area contributed by atoms with Crippen LogP contribution >= 0.6 is 11.3 Å². The standard InChI is InChI=1S/C16H19F3N2OS/c1-3-13(20-8-14-21-10(2)9-23-14)15(22)11-4-6-12(7-5-11)16(17,18)19/h4-7,9,13,15,20,22H,3,8H2,1-2H3. The monoisotopic (exact) mass is 344 g/mol. The van der Waals surface area contributed by atoms with Crippen molar-refractivity contribution in [2.45, 2.75) is 45.1 Å². The summed E-state index contributed by atoms with van der Waals surface area (Å²) in [5.74, 6) is 0. The van der Waals surface area contributed by atoms with E-state index in [9.17, 15) is 18.3 Å². The third-order valence-corrected chi connectivity index (χ3v) is 4.55. The van der Waals surface area contributed by atoms with Crippen molar-refractivity contribution >= 4 is 11.3 Å². The topological polar surface area (TPSA) is 45.2 Å². The summed E-state index contributed by atoms with van der Waals surface area (Å²) < 4.78 is 37.7. The van der Waals surface area contributed by atoms with Crippen LogP contribution in [0, 0.1) is 6.92 Å². The van der Waals surface area contributed by atoms with E-state index in [1.165, 1.54) is 23.5 Å². The van der Waals surface area contributed by atoms with Gasteiger partial charge in [-0.05, 0) is 31.0 Å². The summed E-state index contributed by atoms with van der Waals surface area (Å²) in [6.07, 6.45) is -4.59. The van der Waals surface area contributed by atoms with Gasteiger partial charge in [-0.1, -0.05) is 19.1 Å². The van der Waals surface area contributed by atoms with Crippen LogP contribution in [0.3, 0.4) is 0 Å². The van der Waals surface area contributed by atoms with Crippen molar-refractivity contribution in [3.8, 4) is 0 Å². The molecule has 0 fully saturated rings. The van der Waals surface area contributed by atoms with E-state index in [0.717, 1.165) is 22.8 Å². The van der Waals surface area contributed by atoms with Crippen LogP contribution in [-0.4, -0.2) is 16.1 Å². The Hall–Kier alpha value is -1.44. The van der Waals surface area contributed by atoms with Crippen molar-refractivity contribution in [2.24, 2.45) is 0 Å². The Bertz CT molecular complexity index is 625. The number of halogens is 3. The molecule has 1 heterocycles. The quantitative estimate of drug-likeness (QED) is 0.830. The van der Waals surface area contributed by atoms with Gasteiger partial charge in [-0.25, -0.2) is 4.98 Å². The molecule has 0 amide bonds. The fourth-order valence-corrected chi connectivity index (χ4v) is 3.01. The molecule has 0 aliphatic carbocycles. The number of benzene rings is 1. The van der Waals surface area contributed by atoms with E-state index < -0.39 is 17.8 Å². The normalized spacial score (nSPS) is 14.7. The van der Waals surface area contributed by atoms with Gasteiger partial charge in [0.25, 0.3) is 0 Å². The molecule has 1 aromatic heterocycles. The first-order valence-corrected chi connectivity index (χ1v) is 8.19. The maximum Gasteiger partial charge on any atom is 0.416 e. The molecule has 2 aromatic rings. The van der Waals surface area contributed by atoms with E-state index in [1.807, 2.05) is 19.2 Å². The van der Waals surface area contributed by atoms with Gasteiger partial charge in [0.2, 0.25) is 0 Å². The van der Waals surface area contributed by atoms with Crippen LogP contribution < -0.4 is 5.32 Å². The third kappa shape index (κ3) is 4.76. The van der Waals surface area contributed by atoms with Crippen LogP contribution in [0.25, 0.3) is 0 Å². The van der Waals surface area contributed by atoms with Gasteiger partial charge in [0.15, 0.2) is 0 Å². The Morgan fingerprint density at radius 1 is 1.26 bits per heavy atom. The minimum atomic E-state index is -4.37. The molecule has 0 aliphatic rings. The maximum atomic E-state index is 12.6. The van der Waals surface area contributed by atoms with Gasteiger partial charge in [0.1, 0.15) is 5.01 Å². The van der Waals surface area contributed by atoms with Gasteiger partial charge in [0, 0.05) is 23.7 Å². The number of rotatable bonds is 6. The van der Waals surface area contributed by atoms with Gasteiger partial charge in [-0.2, -0.15) is 13.2 Å². The first kappa shape index (κ1) is 17.9. The van der Waals surface area contributed by atoms with Crippen LogP contribution in [0.4, 0.5) is 13.2 Å². The van der Waals surface area contributed by atoms with Crippen molar-refractivity contribution < 1.29 is 18.3 Å². The van der Waals surface area contributed by atoms with E-state index in [1.54, 1.807) is 0 Å². The van der Waals surface area contributed by atoms with Crippen LogP contribution in [0.1, 0.15) is 41.3 Å². The molecule has 2 rings (SSSR count). The summed E-state index contributed by atoms with van der Waals surface area (Å²) in [6.45, 7) is 4.35. The second-order valence-corrected chi connectivity index (χ2v) is 6.29. The summed E-state index contributed by atoms with van der Waals surface area (Å²) in [6, 6.07) is 4.39. The van der Waals surface area contributed by atoms with E-state index in [2.05, 4.69) is 10.3 Å². The summed E-state index contributed by atoms with van der Waals surface area (Å²) in [7, 11) is 0. The second kappa shape index (κ2) is 7.42. The van der Waals surface area contributed by atoms with Gasteiger partial charge >= 0.3 is 6.18 Å². The fraction of sp³-hybridized carbons (Fsp3) is 0.438. The van der Waals surface area contributed by atoms with Crippen LogP contribution in [-0.2, 0) is 12.7 Å². The first-order chi connectivity index (χ1) is 10.8. The average molecular weight is 344 g/mol. The zero-order valence-corrected chi connectivity index (χ0v) is 13.7. The highest BCUT2D eigenvalue weighted by atomic mass is 32.1. The summed E-state index contributed by atoms with van der Waals surface area (Å²) >= 11 is 1.53. The van der Waals surface area contributed by atoms with Crippen molar-refractivity contribution in [1.29, 1.82) is 0 Å². The Balaban J connectivity index is 2.02. The van der Waals surface area contributed by atoms with E-state index >= 15 is 0 Å². The number of aliphatic hydroxyl groups excluding tert-OH is 1. The minimum Gasteiger partial charge on any atom is -0.387 e.